The minimum Gasteiger partial charge on any atom is -0.497 e. The molecule has 0 fully saturated rings. The van der Waals surface area contributed by atoms with Gasteiger partial charge in [0, 0.05) is 21.4 Å². The lowest BCUT2D eigenvalue weighted by Gasteiger charge is -2.12. The molecule has 4 heteroatoms. The smallest absolute Gasteiger partial charge is 0.224 e. The van der Waals surface area contributed by atoms with Crippen LogP contribution in [0.2, 0.25) is 0 Å². The van der Waals surface area contributed by atoms with Crippen molar-refractivity contribution in [2.24, 2.45) is 0 Å². The summed E-state index contributed by atoms with van der Waals surface area (Å²) in [5, 5.41) is 0.903. The van der Waals surface area contributed by atoms with Crippen molar-refractivity contribution in [2.45, 2.75) is 18.7 Å². The summed E-state index contributed by atoms with van der Waals surface area (Å²) in [6, 6.07) is 23.5. The van der Waals surface area contributed by atoms with E-state index in [2.05, 4.69) is 6.07 Å². The standard InChI is InChI=1S/C25H21NO2S/c1-16-12-17(2)24-21(13-16)22(25(27)29-20-10-5-4-6-11-20)15-23(26-24)18-8-7-9-19(14-18)28-3/h4-15H,1-3H3. The number of hydrogen-bond donors (Lipinski definition) is 0. The highest BCUT2D eigenvalue weighted by Crippen LogP contribution is 2.33. The first-order valence-electron chi connectivity index (χ1n) is 9.39. The number of rotatable bonds is 4. The maximum absolute atomic E-state index is 13.3. The molecule has 0 bridgehead atoms. The molecule has 0 saturated carbocycles. The minimum atomic E-state index is 0.0118. The molecule has 0 atom stereocenters. The number of hydrogen-bond acceptors (Lipinski definition) is 4. The monoisotopic (exact) mass is 399 g/mol. The molecule has 0 amide bonds. The second kappa shape index (κ2) is 8.10. The lowest BCUT2D eigenvalue weighted by atomic mass is 10.0. The van der Waals surface area contributed by atoms with Crippen LogP contribution in [-0.4, -0.2) is 17.2 Å². The van der Waals surface area contributed by atoms with Gasteiger partial charge in [-0.25, -0.2) is 4.98 Å². The summed E-state index contributed by atoms with van der Waals surface area (Å²) in [5.74, 6) is 0.761. The van der Waals surface area contributed by atoms with E-state index in [1.165, 1.54) is 11.8 Å². The van der Waals surface area contributed by atoms with Crippen LogP contribution in [0.15, 0.2) is 77.7 Å². The molecule has 1 aromatic heterocycles. The maximum atomic E-state index is 13.3. The molecule has 0 radical (unpaired) electrons. The molecule has 29 heavy (non-hydrogen) atoms. The van der Waals surface area contributed by atoms with Crippen molar-refractivity contribution < 1.29 is 9.53 Å². The van der Waals surface area contributed by atoms with Crippen molar-refractivity contribution in [3.8, 4) is 17.0 Å². The highest BCUT2D eigenvalue weighted by Gasteiger charge is 2.17. The van der Waals surface area contributed by atoms with Gasteiger partial charge in [-0.1, -0.05) is 42.0 Å². The van der Waals surface area contributed by atoms with E-state index in [1.54, 1.807) is 7.11 Å². The highest BCUT2D eigenvalue weighted by molar-refractivity contribution is 8.14. The Labute approximate surface area is 174 Å². The fourth-order valence-electron chi connectivity index (χ4n) is 3.43. The summed E-state index contributed by atoms with van der Waals surface area (Å²) in [6.45, 7) is 4.08. The van der Waals surface area contributed by atoms with Crippen LogP contribution in [-0.2, 0) is 0 Å². The van der Waals surface area contributed by atoms with E-state index in [9.17, 15) is 4.79 Å². The zero-order valence-electron chi connectivity index (χ0n) is 16.6. The van der Waals surface area contributed by atoms with Crippen LogP contribution in [0.25, 0.3) is 22.2 Å². The SMILES string of the molecule is COc1cccc(-c2cc(C(=O)Sc3ccccc3)c3cc(C)cc(C)c3n2)c1. The predicted molar refractivity (Wildman–Crippen MR) is 120 cm³/mol. The zero-order chi connectivity index (χ0) is 20.4. The van der Waals surface area contributed by atoms with Crippen molar-refractivity contribution >= 4 is 27.8 Å². The van der Waals surface area contributed by atoms with Crippen LogP contribution >= 0.6 is 11.8 Å². The number of carbonyl (C=O) groups excluding carboxylic acids is 1. The Hall–Kier alpha value is -3.11. The molecule has 1 heterocycles. The first kappa shape index (κ1) is 19.2. The Morgan fingerprint density at radius 2 is 1.72 bits per heavy atom. The lowest BCUT2D eigenvalue weighted by molar-refractivity contribution is 0.109. The molecule has 0 saturated heterocycles. The van der Waals surface area contributed by atoms with Crippen LogP contribution in [0.5, 0.6) is 5.75 Å². The quantitative estimate of drug-likeness (QED) is 0.369. The van der Waals surface area contributed by atoms with Gasteiger partial charge in [0.1, 0.15) is 5.75 Å². The summed E-state index contributed by atoms with van der Waals surface area (Å²) in [7, 11) is 1.64. The van der Waals surface area contributed by atoms with E-state index in [-0.39, 0.29) is 5.12 Å². The van der Waals surface area contributed by atoms with Gasteiger partial charge < -0.3 is 4.74 Å². The topological polar surface area (TPSA) is 39.2 Å². The van der Waals surface area contributed by atoms with Crippen LogP contribution < -0.4 is 4.74 Å². The van der Waals surface area contributed by atoms with E-state index in [4.69, 9.17) is 9.72 Å². The molecule has 3 aromatic carbocycles. The number of pyridine rings is 1. The Morgan fingerprint density at radius 1 is 0.931 bits per heavy atom. The Kier molecular flexibility index (Phi) is 5.36. The predicted octanol–water partition coefficient (Wildman–Crippen LogP) is 6.46. The third-order valence-electron chi connectivity index (χ3n) is 4.79. The summed E-state index contributed by atoms with van der Waals surface area (Å²) >= 11 is 1.24. The molecule has 144 valence electrons. The summed E-state index contributed by atoms with van der Waals surface area (Å²) in [4.78, 5) is 19.1. The fourth-order valence-corrected chi connectivity index (χ4v) is 4.22. The molecule has 4 rings (SSSR count). The van der Waals surface area contributed by atoms with Crippen LogP contribution in [0.4, 0.5) is 0 Å². The van der Waals surface area contributed by atoms with Crippen molar-refractivity contribution in [1.29, 1.82) is 0 Å². The van der Waals surface area contributed by atoms with Crippen molar-refractivity contribution in [3.05, 3.63) is 89.5 Å². The zero-order valence-corrected chi connectivity index (χ0v) is 17.4. The Balaban J connectivity index is 1.90. The Bertz CT molecular complexity index is 1200. The molecular formula is C25H21NO2S. The van der Waals surface area contributed by atoms with Gasteiger partial charge in [-0.2, -0.15) is 0 Å². The molecule has 0 N–H and O–H groups in total. The van der Waals surface area contributed by atoms with Gasteiger partial charge in [0.15, 0.2) is 0 Å². The maximum Gasteiger partial charge on any atom is 0.224 e. The number of thioether (sulfide) groups is 1. The number of nitrogens with zero attached hydrogens (tertiary/aromatic N) is 1. The van der Waals surface area contributed by atoms with E-state index in [0.717, 1.165) is 43.9 Å². The Morgan fingerprint density at radius 3 is 2.48 bits per heavy atom. The van der Waals surface area contributed by atoms with Crippen LogP contribution in [0.1, 0.15) is 21.5 Å². The van der Waals surface area contributed by atoms with Crippen LogP contribution in [0, 0.1) is 13.8 Å². The second-order valence-electron chi connectivity index (χ2n) is 6.97. The number of benzene rings is 3. The van der Waals surface area contributed by atoms with Gasteiger partial charge in [-0.3, -0.25) is 4.79 Å². The number of aryl methyl sites for hydroxylation is 2. The molecule has 3 nitrogen and oxygen atoms in total. The summed E-state index contributed by atoms with van der Waals surface area (Å²) in [5.41, 5.74) is 5.39. The fraction of sp³-hybridized carbons (Fsp3) is 0.120. The molecule has 0 spiro atoms. The van der Waals surface area contributed by atoms with Gasteiger partial charge in [-0.15, -0.1) is 0 Å². The normalized spacial score (nSPS) is 10.9. The number of ether oxygens (including phenoxy) is 1. The van der Waals surface area contributed by atoms with Gasteiger partial charge >= 0.3 is 0 Å². The minimum absolute atomic E-state index is 0.0118. The van der Waals surface area contributed by atoms with Gasteiger partial charge in [0.05, 0.1) is 18.3 Å². The molecule has 0 aliphatic rings. The second-order valence-corrected chi connectivity index (χ2v) is 8.01. The molecular weight excluding hydrogens is 378 g/mol. The average molecular weight is 400 g/mol. The molecule has 0 aliphatic heterocycles. The van der Waals surface area contributed by atoms with E-state index in [0.29, 0.717) is 5.56 Å². The first-order valence-corrected chi connectivity index (χ1v) is 10.2. The third-order valence-corrected chi connectivity index (χ3v) is 5.70. The molecule has 0 aliphatic carbocycles. The largest absolute Gasteiger partial charge is 0.497 e. The summed E-state index contributed by atoms with van der Waals surface area (Å²) < 4.78 is 5.36. The number of carbonyl (C=O) groups is 1. The lowest BCUT2D eigenvalue weighted by Crippen LogP contribution is -2.00. The van der Waals surface area contributed by atoms with Crippen molar-refractivity contribution in [3.63, 3.8) is 0 Å². The van der Waals surface area contributed by atoms with Gasteiger partial charge in [-0.05, 0) is 67.6 Å². The van der Waals surface area contributed by atoms with Gasteiger partial charge in [0.2, 0.25) is 5.12 Å². The van der Waals surface area contributed by atoms with Crippen molar-refractivity contribution in [1.82, 2.24) is 4.98 Å². The van der Waals surface area contributed by atoms with E-state index < -0.39 is 0 Å². The number of methoxy groups -OCH3 is 1. The van der Waals surface area contributed by atoms with E-state index in [1.807, 2.05) is 80.6 Å². The number of aromatic nitrogens is 1. The summed E-state index contributed by atoms with van der Waals surface area (Å²) in [6.07, 6.45) is 0. The number of fused-ring (bicyclic) bond motifs is 1. The third kappa shape index (κ3) is 4.03. The van der Waals surface area contributed by atoms with Crippen LogP contribution in [0.3, 0.4) is 0 Å². The van der Waals surface area contributed by atoms with Crippen molar-refractivity contribution in [2.75, 3.05) is 7.11 Å². The van der Waals surface area contributed by atoms with E-state index >= 15 is 0 Å². The highest BCUT2D eigenvalue weighted by atomic mass is 32.2. The molecule has 4 aromatic rings. The first-order chi connectivity index (χ1) is 14.0. The molecule has 0 unspecified atom stereocenters. The average Bonchev–Trinajstić information content (AvgIpc) is 2.74. The van der Waals surface area contributed by atoms with Gasteiger partial charge in [0.25, 0.3) is 0 Å².